The summed E-state index contributed by atoms with van der Waals surface area (Å²) in [7, 11) is 3.49. The first-order valence-corrected chi connectivity index (χ1v) is 11.1. The zero-order valence-electron chi connectivity index (χ0n) is 17.6. The Hall–Kier alpha value is -2.34. The Balaban J connectivity index is 2.55. The average molecular weight is 446 g/mol. The molecular weight excluding hydrogens is 414 g/mol. The molecule has 0 aromatic heterocycles. The number of carbonyl (C=O) groups excluding carboxylic acids is 4. The Kier molecular flexibility index (Phi) is 11.2. The van der Waals surface area contributed by atoms with Crippen LogP contribution in [0.2, 0.25) is 0 Å². The number of thioether (sulfide) groups is 1. The van der Waals surface area contributed by atoms with E-state index in [1.807, 2.05) is 18.2 Å². The maximum Gasteiger partial charge on any atom is 0.322 e. The van der Waals surface area contributed by atoms with E-state index in [-0.39, 0.29) is 18.5 Å². The van der Waals surface area contributed by atoms with Crippen molar-refractivity contribution in [3.63, 3.8) is 0 Å². The van der Waals surface area contributed by atoms with Crippen LogP contribution in [0.15, 0.2) is 0 Å². The summed E-state index contributed by atoms with van der Waals surface area (Å²) < 4.78 is 0. The van der Waals surface area contributed by atoms with Crippen LogP contribution in [0.25, 0.3) is 0 Å². The van der Waals surface area contributed by atoms with Crippen molar-refractivity contribution in [1.82, 2.24) is 25.8 Å². The number of aliphatic carboxylic acids is 1. The third-order valence-electron chi connectivity index (χ3n) is 4.82. The van der Waals surface area contributed by atoms with Crippen LogP contribution in [0, 0.1) is 0 Å². The third-order valence-corrected chi connectivity index (χ3v) is 5.47. The zero-order chi connectivity index (χ0) is 22.7. The SMILES string of the molecule is CSCCC(C(=O)NCC(=O)NCC(=O)NCC(=O)O)N(C)C(=O)C1CCCN1C. The van der Waals surface area contributed by atoms with Crippen LogP contribution in [0.1, 0.15) is 19.3 Å². The molecule has 1 saturated heterocycles. The number of likely N-dealkylation sites (tertiary alicyclic amines) is 1. The first kappa shape index (κ1) is 25.7. The van der Waals surface area contributed by atoms with Gasteiger partial charge in [0.25, 0.3) is 0 Å². The Morgan fingerprint density at radius 1 is 1.10 bits per heavy atom. The van der Waals surface area contributed by atoms with E-state index in [2.05, 4.69) is 16.0 Å². The second-order valence-electron chi connectivity index (χ2n) is 7.05. The number of hydrogen-bond donors (Lipinski definition) is 4. The van der Waals surface area contributed by atoms with Gasteiger partial charge in [0.2, 0.25) is 23.6 Å². The molecule has 4 amide bonds. The van der Waals surface area contributed by atoms with Crippen molar-refractivity contribution in [1.29, 1.82) is 0 Å². The van der Waals surface area contributed by atoms with Crippen LogP contribution in [0.4, 0.5) is 0 Å². The molecule has 1 heterocycles. The number of amides is 4. The van der Waals surface area contributed by atoms with Gasteiger partial charge in [-0.1, -0.05) is 0 Å². The largest absolute Gasteiger partial charge is 0.480 e. The summed E-state index contributed by atoms with van der Waals surface area (Å²) in [5, 5.41) is 15.4. The van der Waals surface area contributed by atoms with E-state index in [1.54, 1.807) is 18.8 Å². The highest BCUT2D eigenvalue weighted by Gasteiger charge is 2.35. The lowest BCUT2D eigenvalue weighted by molar-refractivity contribution is -0.142. The highest BCUT2D eigenvalue weighted by molar-refractivity contribution is 7.98. The number of nitrogens with one attached hydrogen (secondary N) is 3. The Morgan fingerprint density at radius 2 is 1.70 bits per heavy atom. The van der Waals surface area contributed by atoms with Gasteiger partial charge in [-0.25, -0.2) is 0 Å². The van der Waals surface area contributed by atoms with Crippen molar-refractivity contribution >= 4 is 41.4 Å². The maximum absolute atomic E-state index is 12.8. The molecule has 170 valence electrons. The minimum Gasteiger partial charge on any atom is -0.480 e. The maximum atomic E-state index is 12.8. The number of carboxylic acids is 1. The van der Waals surface area contributed by atoms with E-state index >= 15 is 0 Å². The van der Waals surface area contributed by atoms with E-state index in [0.29, 0.717) is 12.2 Å². The molecule has 4 N–H and O–H groups in total. The molecule has 30 heavy (non-hydrogen) atoms. The van der Waals surface area contributed by atoms with Gasteiger partial charge in [-0.05, 0) is 44.9 Å². The van der Waals surface area contributed by atoms with Crippen molar-refractivity contribution < 1.29 is 29.1 Å². The summed E-state index contributed by atoms with van der Waals surface area (Å²) in [6, 6.07) is -0.946. The standard InChI is InChI=1S/C18H31N5O6S/c1-22-7-4-5-13(22)18(29)23(2)12(6-8-30-3)17(28)21-10-15(25)19-9-14(24)20-11-16(26)27/h12-13H,4-11H2,1-3H3,(H,19,25)(H,20,24)(H,21,28)(H,26,27). The van der Waals surface area contributed by atoms with E-state index < -0.39 is 42.8 Å². The minimum absolute atomic E-state index is 0.115. The molecular formula is C18H31N5O6S. The van der Waals surface area contributed by atoms with Crippen molar-refractivity contribution in [2.75, 3.05) is 52.3 Å². The number of likely N-dealkylation sites (N-methyl/N-ethyl adjacent to an activating group) is 2. The van der Waals surface area contributed by atoms with Gasteiger partial charge in [0.1, 0.15) is 12.6 Å². The predicted molar refractivity (Wildman–Crippen MR) is 112 cm³/mol. The van der Waals surface area contributed by atoms with Crippen molar-refractivity contribution in [3.8, 4) is 0 Å². The van der Waals surface area contributed by atoms with E-state index in [0.717, 1.165) is 19.4 Å². The second-order valence-corrected chi connectivity index (χ2v) is 8.04. The molecule has 1 rings (SSSR count). The van der Waals surface area contributed by atoms with Crippen LogP contribution in [-0.2, 0) is 24.0 Å². The summed E-state index contributed by atoms with van der Waals surface area (Å²) in [6.45, 7) is -0.457. The molecule has 1 aliphatic heterocycles. The Morgan fingerprint density at radius 3 is 2.23 bits per heavy atom. The minimum atomic E-state index is -1.19. The number of hydrogen-bond acceptors (Lipinski definition) is 7. The fraction of sp³-hybridized carbons (Fsp3) is 0.722. The highest BCUT2D eigenvalue weighted by Crippen LogP contribution is 2.19. The van der Waals surface area contributed by atoms with Crippen LogP contribution in [0.3, 0.4) is 0 Å². The molecule has 0 bridgehead atoms. The molecule has 2 unspecified atom stereocenters. The second kappa shape index (κ2) is 13.1. The summed E-state index contributed by atoms with van der Waals surface area (Å²) in [5.74, 6) is -2.32. The smallest absolute Gasteiger partial charge is 0.322 e. The highest BCUT2D eigenvalue weighted by atomic mass is 32.2. The Bertz CT molecular complexity index is 647. The van der Waals surface area contributed by atoms with Gasteiger partial charge in [-0.2, -0.15) is 11.8 Å². The van der Waals surface area contributed by atoms with Crippen LogP contribution in [-0.4, -0.2) is 109 Å². The monoisotopic (exact) mass is 445 g/mol. The third kappa shape index (κ3) is 8.57. The topological polar surface area (TPSA) is 148 Å². The molecule has 12 heteroatoms. The number of carboxylic acid groups (broad SMARTS) is 1. The average Bonchev–Trinajstić information content (AvgIpc) is 3.14. The molecule has 2 atom stereocenters. The summed E-state index contributed by atoms with van der Waals surface area (Å²) >= 11 is 1.56. The molecule has 1 fully saturated rings. The van der Waals surface area contributed by atoms with Crippen LogP contribution >= 0.6 is 11.8 Å². The zero-order valence-corrected chi connectivity index (χ0v) is 18.4. The molecule has 0 spiro atoms. The first-order valence-electron chi connectivity index (χ1n) is 9.66. The molecule has 1 aliphatic rings. The number of nitrogens with zero attached hydrogens (tertiary/aromatic N) is 2. The fourth-order valence-corrected chi connectivity index (χ4v) is 3.56. The summed E-state index contributed by atoms with van der Waals surface area (Å²) in [5.41, 5.74) is 0. The van der Waals surface area contributed by atoms with E-state index in [4.69, 9.17) is 5.11 Å². The number of rotatable bonds is 12. The molecule has 0 aliphatic carbocycles. The number of carbonyl (C=O) groups is 5. The molecule has 0 radical (unpaired) electrons. The molecule has 0 aromatic carbocycles. The van der Waals surface area contributed by atoms with Crippen LogP contribution < -0.4 is 16.0 Å². The van der Waals surface area contributed by atoms with Crippen LogP contribution in [0.5, 0.6) is 0 Å². The quantitative estimate of drug-likeness (QED) is 0.272. The Labute approximate surface area is 180 Å². The lowest BCUT2D eigenvalue weighted by Crippen LogP contribution is -2.53. The molecule has 0 aromatic rings. The first-order chi connectivity index (χ1) is 14.2. The molecule has 11 nitrogen and oxygen atoms in total. The lowest BCUT2D eigenvalue weighted by atomic mass is 10.1. The summed E-state index contributed by atoms with van der Waals surface area (Å²) in [6.07, 6.45) is 4.04. The lowest BCUT2D eigenvalue weighted by Gasteiger charge is -2.31. The van der Waals surface area contributed by atoms with Gasteiger partial charge in [0.15, 0.2) is 0 Å². The molecule has 0 saturated carbocycles. The fourth-order valence-electron chi connectivity index (χ4n) is 3.10. The van der Waals surface area contributed by atoms with Gasteiger partial charge in [-0.3, -0.25) is 28.9 Å². The summed E-state index contributed by atoms with van der Waals surface area (Å²) in [4.78, 5) is 62.6. The van der Waals surface area contributed by atoms with Crippen molar-refractivity contribution in [2.45, 2.75) is 31.3 Å². The van der Waals surface area contributed by atoms with Gasteiger partial charge < -0.3 is 26.0 Å². The van der Waals surface area contributed by atoms with Gasteiger partial charge >= 0.3 is 5.97 Å². The predicted octanol–water partition coefficient (Wildman–Crippen LogP) is -1.91. The van der Waals surface area contributed by atoms with Gasteiger partial charge in [0.05, 0.1) is 19.1 Å². The van der Waals surface area contributed by atoms with Gasteiger partial charge in [-0.15, -0.1) is 0 Å². The van der Waals surface area contributed by atoms with E-state index in [9.17, 15) is 24.0 Å². The van der Waals surface area contributed by atoms with Crippen molar-refractivity contribution in [2.24, 2.45) is 0 Å². The van der Waals surface area contributed by atoms with E-state index in [1.165, 1.54) is 4.90 Å². The van der Waals surface area contributed by atoms with Crippen molar-refractivity contribution in [3.05, 3.63) is 0 Å². The van der Waals surface area contributed by atoms with Gasteiger partial charge in [0, 0.05) is 7.05 Å². The normalized spacial score (nSPS) is 17.1.